The van der Waals surface area contributed by atoms with Crippen LogP contribution in [0.1, 0.15) is 62.0 Å². The normalized spacial score (nSPS) is 23.8. The van der Waals surface area contributed by atoms with Crippen molar-refractivity contribution < 1.29 is 9.59 Å². The molecule has 0 bridgehead atoms. The first-order valence-electron chi connectivity index (χ1n) is 13.4. The van der Waals surface area contributed by atoms with Gasteiger partial charge in [-0.25, -0.2) is 0 Å². The molecule has 1 fully saturated rings. The molecule has 36 heavy (non-hydrogen) atoms. The monoisotopic (exact) mass is 483 g/mol. The molecule has 1 unspecified atom stereocenters. The van der Waals surface area contributed by atoms with Gasteiger partial charge in [-0.2, -0.15) is 0 Å². The summed E-state index contributed by atoms with van der Waals surface area (Å²) in [7, 11) is 0. The molecule has 1 N–H and O–H groups in total. The summed E-state index contributed by atoms with van der Waals surface area (Å²) < 4.78 is 2.05. The topological polar surface area (TPSA) is 54.3 Å². The van der Waals surface area contributed by atoms with E-state index in [2.05, 4.69) is 36.5 Å². The van der Waals surface area contributed by atoms with Crippen LogP contribution in [0.4, 0.5) is 0 Å². The number of aromatic nitrogens is 1. The van der Waals surface area contributed by atoms with Crippen molar-refractivity contribution >= 4 is 11.8 Å². The summed E-state index contributed by atoms with van der Waals surface area (Å²) in [4.78, 5) is 29.6. The van der Waals surface area contributed by atoms with Gasteiger partial charge in [-0.05, 0) is 74.6 Å². The zero-order valence-electron chi connectivity index (χ0n) is 21.5. The van der Waals surface area contributed by atoms with Gasteiger partial charge in [0.2, 0.25) is 5.91 Å². The minimum Gasteiger partial charge on any atom is -0.351 e. The number of nitrogens with one attached hydrogen (secondary N) is 1. The van der Waals surface area contributed by atoms with Gasteiger partial charge in [0.1, 0.15) is 11.2 Å². The summed E-state index contributed by atoms with van der Waals surface area (Å²) in [5, 5.41) is 3.34. The Kier molecular flexibility index (Phi) is 6.99. The van der Waals surface area contributed by atoms with E-state index in [-0.39, 0.29) is 17.9 Å². The van der Waals surface area contributed by atoms with Crippen molar-refractivity contribution in [3.05, 3.63) is 84.1 Å². The highest BCUT2D eigenvalue weighted by molar-refractivity contribution is 6.00. The first-order chi connectivity index (χ1) is 17.5. The summed E-state index contributed by atoms with van der Waals surface area (Å²) in [6.45, 7) is 5.23. The van der Waals surface area contributed by atoms with Gasteiger partial charge in [0.15, 0.2) is 0 Å². The molecule has 5 rings (SSSR count). The fourth-order valence-electron chi connectivity index (χ4n) is 5.82. The third kappa shape index (κ3) is 4.84. The van der Waals surface area contributed by atoms with Crippen molar-refractivity contribution in [2.45, 2.75) is 70.5 Å². The van der Waals surface area contributed by atoms with Crippen LogP contribution in [0.3, 0.4) is 0 Å². The summed E-state index contributed by atoms with van der Waals surface area (Å²) in [5.74, 6) is 0.621. The number of benzene rings is 2. The van der Waals surface area contributed by atoms with Crippen LogP contribution < -0.4 is 5.32 Å². The molecule has 5 heteroatoms. The highest BCUT2D eigenvalue weighted by Crippen LogP contribution is 2.34. The average Bonchev–Trinajstić information content (AvgIpc) is 3.32. The fraction of sp³-hybridized carbons (Fsp3) is 0.419. The number of hydrogen-bond acceptors (Lipinski definition) is 2. The molecular weight excluding hydrogens is 446 g/mol. The number of nitrogens with zero attached hydrogens (tertiary/aromatic N) is 2. The Morgan fingerprint density at radius 3 is 2.25 bits per heavy atom. The third-order valence-electron chi connectivity index (χ3n) is 8.11. The van der Waals surface area contributed by atoms with E-state index in [9.17, 15) is 9.59 Å². The minimum absolute atomic E-state index is 0.0338. The van der Waals surface area contributed by atoms with Crippen LogP contribution in [0.2, 0.25) is 0 Å². The summed E-state index contributed by atoms with van der Waals surface area (Å²) >= 11 is 0. The molecule has 1 aliphatic carbocycles. The minimum atomic E-state index is -0.952. The van der Waals surface area contributed by atoms with Gasteiger partial charge in [-0.1, -0.05) is 67.6 Å². The maximum Gasteiger partial charge on any atom is 0.271 e. The fourth-order valence-corrected chi connectivity index (χ4v) is 5.82. The number of carbonyl (C=O) groups excluding carboxylic acids is 2. The Morgan fingerprint density at radius 1 is 0.917 bits per heavy atom. The van der Waals surface area contributed by atoms with Gasteiger partial charge >= 0.3 is 0 Å². The predicted molar refractivity (Wildman–Crippen MR) is 144 cm³/mol. The average molecular weight is 484 g/mol. The summed E-state index contributed by atoms with van der Waals surface area (Å²) in [5.41, 5.74) is 2.99. The molecule has 1 saturated carbocycles. The Hall–Kier alpha value is -3.34. The molecule has 1 aliphatic heterocycles. The lowest BCUT2D eigenvalue weighted by Crippen LogP contribution is -2.65. The molecule has 3 aromatic rings. The number of rotatable bonds is 7. The quantitative estimate of drug-likeness (QED) is 0.469. The Balaban J connectivity index is 1.43. The molecule has 2 amide bonds. The van der Waals surface area contributed by atoms with Gasteiger partial charge in [-0.3, -0.25) is 9.59 Å². The van der Waals surface area contributed by atoms with Crippen molar-refractivity contribution in [1.29, 1.82) is 0 Å². The second-order valence-electron chi connectivity index (χ2n) is 10.8. The Labute approximate surface area is 214 Å². The standard InChI is InChI=1S/C31H37N3O2/c1-23-15-17-26(18-16-23)32-30(36)31(2)22-33-27(25-13-7-4-8-14-25)19-20-28(33)29(35)34(31)21-9-12-24-10-5-3-6-11-24/h3-8,10-11,13-14,19-20,23,26H,9,12,15-18,21-22H2,1-2H3,(H,32,36). The highest BCUT2D eigenvalue weighted by atomic mass is 16.2. The van der Waals surface area contributed by atoms with Crippen LogP contribution in [0.15, 0.2) is 72.8 Å². The predicted octanol–water partition coefficient (Wildman–Crippen LogP) is 5.70. The number of fused-ring (bicyclic) bond motifs is 1. The molecule has 2 heterocycles. The second-order valence-corrected chi connectivity index (χ2v) is 10.8. The van der Waals surface area contributed by atoms with Crippen LogP contribution >= 0.6 is 0 Å². The molecule has 1 aromatic heterocycles. The maximum atomic E-state index is 13.9. The zero-order valence-corrected chi connectivity index (χ0v) is 21.5. The van der Waals surface area contributed by atoms with Crippen LogP contribution in [0.5, 0.6) is 0 Å². The Bertz CT molecular complexity index is 1200. The second kappa shape index (κ2) is 10.3. The first-order valence-corrected chi connectivity index (χ1v) is 13.4. The molecule has 0 radical (unpaired) electrons. The lowest BCUT2D eigenvalue weighted by molar-refractivity contribution is -0.133. The molecule has 1 atom stereocenters. The van der Waals surface area contributed by atoms with E-state index in [1.165, 1.54) is 5.56 Å². The van der Waals surface area contributed by atoms with Gasteiger partial charge in [0.05, 0.1) is 6.54 Å². The molecule has 188 valence electrons. The van der Waals surface area contributed by atoms with Gasteiger partial charge in [-0.15, -0.1) is 0 Å². The van der Waals surface area contributed by atoms with Crippen molar-refractivity contribution in [3.8, 4) is 11.3 Å². The smallest absolute Gasteiger partial charge is 0.271 e. The number of amides is 2. The molecule has 5 nitrogen and oxygen atoms in total. The van der Waals surface area contributed by atoms with E-state index in [1.807, 2.05) is 64.9 Å². The first kappa shape index (κ1) is 24.4. The number of hydrogen-bond donors (Lipinski definition) is 1. The Morgan fingerprint density at radius 2 is 1.56 bits per heavy atom. The lowest BCUT2D eigenvalue weighted by atomic mass is 9.86. The van der Waals surface area contributed by atoms with Crippen LogP contribution in [0, 0.1) is 5.92 Å². The summed E-state index contributed by atoms with van der Waals surface area (Å²) in [6.07, 6.45) is 5.98. The lowest BCUT2D eigenvalue weighted by Gasteiger charge is -2.45. The van der Waals surface area contributed by atoms with Gasteiger partial charge in [0.25, 0.3) is 5.91 Å². The molecule has 0 saturated heterocycles. The van der Waals surface area contributed by atoms with E-state index >= 15 is 0 Å². The van der Waals surface area contributed by atoms with E-state index in [4.69, 9.17) is 0 Å². The van der Waals surface area contributed by atoms with E-state index in [1.54, 1.807) is 0 Å². The largest absolute Gasteiger partial charge is 0.351 e. The van der Waals surface area contributed by atoms with Crippen molar-refractivity contribution in [3.63, 3.8) is 0 Å². The molecule has 2 aromatic carbocycles. The van der Waals surface area contributed by atoms with E-state index < -0.39 is 5.54 Å². The summed E-state index contributed by atoms with van der Waals surface area (Å²) in [6, 6.07) is 24.6. The third-order valence-corrected chi connectivity index (χ3v) is 8.11. The number of aryl methyl sites for hydroxylation is 1. The van der Waals surface area contributed by atoms with Crippen LogP contribution in [-0.2, 0) is 17.8 Å². The highest BCUT2D eigenvalue weighted by Gasteiger charge is 2.48. The van der Waals surface area contributed by atoms with Crippen molar-refractivity contribution in [2.75, 3.05) is 6.54 Å². The zero-order chi connectivity index (χ0) is 25.1. The SMILES string of the molecule is CC1CCC(NC(=O)C2(C)Cn3c(ccc3-c3ccccc3)C(=O)N2CCCc2ccccc2)CC1. The van der Waals surface area contributed by atoms with Crippen molar-refractivity contribution in [1.82, 2.24) is 14.8 Å². The van der Waals surface area contributed by atoms with Crippen LogP contribution in [-0.4, -0.2) is 39.4 Å². The molecular formula is C31H37N3O2. The van der Waals surface area contributed by atoms with Crippen LogP contribution in [0.25, 0.3) is 11.3 Å². The van der Waals surface area contributed by atoms with Gasteiger partial charge in [0, 0.05) is 18.3 Å². The maximum absolute atomic E-state index is 13.9. The number of carbonyl (C=O) groups is 2. The molecule has 2 aliphatic rings. The molecule has 0 spiro atoms. The van der Waals surface area contributed by atoms with Crippen molar-refractivity contribution in [2.24, 2.45) is 5.92 Å². The van der Waals surface area contributed by atoms with E-state index in [0.29, 0.717) is 18.8 Å². The van der Waals surface area contributed by atoms with E-state index in [0.717, 1.165) is 55.7 Å². The van der Waals surface area contributed by atoms with Gasteiger partial charge < -0.3 is 14.8 Å².